The highest BCUT2D eigenvalue weighted by atomic mass is 16.6. The average Bonchev–Trinajstić information content (AvgIpc) is 2.61. The Bertz CT molecular complexity index is 612. The van der Waals surface area contributed by atoms with Crippen molar-refractivity contribution >= 4 is 11.8 Å². The van der Waals surface area contributed by atoms with Crippen LogP contribution >= 0.6 is 0 Å². The van der Waals surface area contributed by atoms with E-state index in [1.165, 1.54) is 0 Å². The van der Waals surface area contributed by atoms with Crippen LogP contribution in [0, 0.1) is 0 Å². The summed E-state index contributed by atoms with van der Waals surface area (Å²) < 4.78 is 11.4. The molecule has 2 aliphatic rings. The average molecular weight is 333 g/mol. The summed E-state index contributed by atoms with van der Waals surface area (Å²) in [4.78, 5) is 26.0. The van der Waals surface area contributed by atoms with Crippen LogP contribution in [0.1, 0.15) is 19.8 Å². The lowest BCUT2D eigenvalue weighted by Gasteiger charge is -2.35. The van der Waals surface area contributed by atoms with E-state index in [4.69, 9.17) is 15.2 Å². The van der Waals surface area contributed by atoms with Crippen LogP contribution in [-0.2, 0) is 9.59 Å². The normalized spacial score (nSPS) is 21.9. The number of hydrogen-bond acceptors (Lipinski definition) is 5. The zero-order valence-corrected chi connectivity index (χ0v) is 13.7. The van der Waals surface area contributed by atoms with E-state index in [0.29, 0.717) is 37.4 Å². The van der Waals surface area contributed by atoms with E-state index in [1.54, 1.807) is 17.9 Å². The molecule has 2 atom stereocenters. The molecule has 7 heteroatoms. The summed E-state index contributed by atoms with van der Waals surface area (Å²) in [5.74, 6) is 1.04. The molecule has 1 saturated heterocycles. The number of fused-ring (bicyclic) bond motifs is 1. The van der Waals surface area contributed by atoms with Crippen molar-refractivity contribution in [3.63, 3.8) is 0 Å². The summed E-state index contributed by atoms with van der Waals surface area (Å²) in [6.07, 6.45) is 0.818. The van der Waals surface area contributed by atoms with Crippen LogP contribution in [0.2, 0.25) is 0 Å². The number of rotatable bonds is 3. The Morgan fingerprint density at radius 3 is 2.58 bits per heavy atom. The Kier molecular flexibility index (Phi) is 4.89. The van der Waals surface area contributed by atoms with Crippen molar-refractivity contribution < 1.29 is 19.1 Å². The summed E-state index contributed by atoms with van der Waals surface area (Å²) in [6, 6.07) is 6.88. The summed E-state index contributed by atoms with van der Waals surface area (Å²) in [5, 5.41) is 2.91. The van der Waals surface area contributed by atoms with E-state index in [1.807, 2.05) is 18.2 Å². The number of nitrogens with one attached hydrogen (secondary N) is 1. The van der Waals surface area contributed by atoms with Gasteiger partial charge in [0.1, 0.15) is 6.61 Å². The van der Waals surface area contributed by atoms with E-state index in [9.17, 15) is 9.59 Å². The second-order valence-electron chi connectivity index (χ2n) is 6.26. The first kappa shape index (κ1) is 16.6. The van der Waals surface area contributed by atoms with Gasteiger partial charge < -0.3 is 25.4 Å². The first-order valence-electron chi connectivity index (χ1n) is 8.28. The number of para-hydroxylation sites is 2. The maximum Gasteiger partial charge on any atom is 0.267 e. The predicted octanol–water partition coefficient (Wildman–Crippen LogP) is 0.281. The molecule has 0 bridgehead atoms. The van der Waals surface area contributed by atoms with Crippen LogP contribution in [0.3, 0.4) is 0 Å². The van der Waals surface area contributed by atoms with E-state index >= 15 is 0 Å². The van der Waals surface area contributed by atoms with Crippen LogP contribution in [-0.4, -0.2) is 54.6 Å². The van der Waals surface area contributed by atoms with Gasteiger partial charge in [0.15, 0.2) is 11.5 Å². The molecule has 24 heavy (non-hydrogen) atoms. The van der Waals surface area contributed by atoms with Crippen LogP contribution in [0.5, 0.6) is 11.5 Å². The third kappa shape index (κ3) is 3.62. The van der Waals surface area contributed by atoms with Crippen LogP contribution in [0.25, 0.3) is 0 Å². The van der Waals surface area contributed by atoms with Gasteiger partial charge in [0, 0.05) is 19.1 Å². The number of nitrogens with two attached hydrogens (primary N) is 1. The number of piperidine rings is 1. The lowest BCUT2D eigenvalue weighted by Crippen LogP contribution is -2.53. The highest BCUT2D eigenvalue weighted by Crippen LogP contribution is 2.31. The molecule has 130 valence electrons. The van der Waals surface area contributed by atoms with Gasteiger partial charge in [-0.1, -0.05) is 12.1 Å². The summed E-state index contributed by atoms with van der Waals surface area (Å²) in [6.45, 7) is 3.05. The minimum absolute atomic E-state index is 0.0665. The van der Waals surface area contributed by atoms with Crippen molar-refractivity contribution in [2.75, 3.05) is 19.7 Å². The molecule has 1 aromatic carbocycles. The fourth-order valence-corrected chi connectivity index (χ4v) is 2.92. The van der Waals surface area contributed by atoms with E-state index in [0.717, 1.165) is 0 Å². The number of carbonyl (C=O) groups is 2. The topological polar surface area (TPSA) is 93.9 Å². The predicted molar refractivity (Wildman–Crippen MR) is 87.7 cm³/mol. The van der Waals surface area contributed by atoms with Gasteiger partial charge in [-0.15, -0.1) is 0 Å². The molecule has 2 aliphatic heterocycles. The number of hydrogen-bond donors (Lipinski definition) is 2. The van der Waals surface area contributed by atoms with Crippen molar-refractivity contribution in [1.82, 2.24) is 10.2 Å². The lowest BCUT2D eigenvalue weighted by atomic mass is 10.0. The molecule has 1 unspecified atom stereocenters. The Morgan fingerprint density at radius 2 is 1.92 bits per heavy atom. The lowest BCUT2D eigenvalue weighted by molar-refractivity contribution is -0.142. The van der Waals surface area contributed by atoms with Gasteiger partial charge >= 0.3 is 0 Å². The molecular formula is C17H23N3O4. The molecule has 3 N–H and O–H groups in total. The second-order valence-corrected chi connectivity index (χ2v) is 6.26. The zero-order valence-electron chi connectivity index (χ0n) is 13.7. The Morgan fingerprint density at radius 1 is 1.25 bits per heavy atom. The number of benzene rings is 1. The quantitative estimate of drug-likeness (QED) is 0.829. The number of ether oxygens (including phenoxy) is 2. The van der Waals surface area contributed by atoms with Gasteiger partial charge in [0.25, 0.3) is 5.91 Å². The number of nitrogens with zero attached hydrogens (tertiary/aromatic N) is 1. The highest BCUT2D eigenvalue weighted by molar-refractivity contribution is 5.82. The van der Waals surface area contributed by atoms with Crippen molar-refractivity contribution in [3.8, 4) is 11.5 Å². The molecule has 0 aromatic heterocycles. The van der Waals surface area contributed by atoms with Crippen LogP contribution in [0.4, 0.5) is 0 Å². The summed E-state index contributed by atoms with van der Waals surface area (Å²) in [7, 11) is 0. The van der Waals surface area contributed by atoms with Crippen molar-refractivity contribution in [2.24, 2.45) is 5.73 Å². The van der Waals surface area contributed by atoms with Gasteiger partial charge in [-0.05, 0) is 31.9 Å². The minimum Gasteiger partial charge on any atom is -0.485 e. The molecule has 3 rings (SSSR count). The third-order valence-electron chi connectivity index (χ3n) is 4.35. The van der Waals surface area contributed by atoms with Crippen LogP contribution < -0.4 is 20.5 Å². The van der Waals surface area contributed by atoms with Gasteiger partial charge in [0.2, 0.25) is 12.0 Å². The van der Waals surface area contributed by atoms with Crippen LogP contribution in [0.15, 0.2) is 24.3 Å². The maximum absolute atomic E-state index is 12.6. The maximum atomic E-state index is 12.6. The third-order valence-corrected chi connectivity index (χ3v) is 4.35. The Labute approximate surface area is 141 Å². The van der Waals surface area contributed by atoms with Crippen molar-refractivity contribution in [1.29, 1.82) is 0 Å². The molecule has 1 aromatic rings. The first-order valence-corrected chi connectivity index (χ1v) is 8.28. The highest BCUT2D eigenvalue weighted by Gasteiger charge is 2.33. The molecular weight excluding hydrogens is 310 g/mol. The summed E-state index contributed by atoms with van der Waals surface area (Å²) >= 11 is 0. The molecule has 0 spiro atoms. The van der Waals surface area contributed by atoms with Crippen molar-refractivity contribution in [3.05, 3.63) is 24.3 Å². The van der Waals surface area contributed by atoms with Gasteiger partial charge in [-0.2, -0.15) is 0 Å². The molecule has 2 amide bonds. The van der Waals surface area contributed by atoms with Gasteiger partial charge in [0.05, 0.1) is 6.04 Å². The van der Waals surface area contributed by atoms with Crippen molar-refractivity contribution in [2.45, 2.75) is 38.0 Å². The largest absolute Gasteiger partial charge is 0.485 e. The zero-order chi connectivity index (χ0) is 17.1. The van der Waals surface area contributed by atoms with E-state index in [-0.39, 0.29) is 24.5 Å². The fraction of sp³-hybridized carbons (Fsp3) is 0.529. The van der Waals surface area contributed by atoms with E-state index < -0.39 is 12.1 Å². The molecule has 0 aliphatic carbocycles. The molecule has 0 saturated carbocycles. The molecule has 7 nitrogen and oxygen atoms in total. The fourth-order valence-electron chi connectivity index (χ4n) is 2.92. The SMILES string of the molecule is C[C@@H](N)C(=O)NC1CCN(C(=O)C2COc3ccccc3O2)CC1. The number of amides is 2. The second kappa shape index (κ2) is 7.09. The summed E-state index contributed by atoms with van der Waals surface area (Å²) in [5.41, 5.74) is 5.56. The monoisotopic (exact) mass is 333 g/mol. The molecule has 1 fully saturated rings. The molecule has 0 radical (unpaired) electrons. The standard InChI is InChI=1S/C17H23N3O4/c1-11(18)16(21)19-12-6-8-20(9-7-12)17(22)15-10-23-13-4-2-3-5-14(13)24-15/h2-5,11-12,15H,6-10,18H2,1H3,(H,19,21)/t11-,15?/m1/s1. The first-order chi connectivity index (χ1) is 11.5. The Balaban J connectivity index is 1.52. The smallest absolute Gasteiger partial charge is 0.267 e. The number of likely N-dealkylation sites (tertiary alicyclic amines) is 1. The molecule has 2 heterocycles. The van der Waals surface area contributed by atoms with Gasteiger partial charge in [-0.25, -0.2) is 0 Å². The van der Waals surface area contributed by atoms with Gasteiger partial charge in [-0.3, -0.25) is 9.59 Å². The minimum atomic E-state index is -0.616. The van der Waals surface area contributed by atoms with E-state index in [2.05, 4.69) is 5.32 Å². The Hall–Kier alpha value is -2.28. The number of carbonyl (C=O) groups excluding carboxylic acids is 2.